The molecule has 24 heavy (non-hydrogen) atoms. The first-order valence-electron chi connectivity index (χ1n) is 8.60. The minimum Gasteiger partial charge on any atom is -0.359 e. The quantitative estimate of drug-likeness (QED) is 0.916. The highest BCUT2D eigenvalue weighted by Crippen LogP contribution is 2.27. The Morgan fingerprint density at radius 2 is 2.08 bits per heavy atom. The molecule has 1 aliphatic rings. The molecule has 0 spiro atoms. The van der Waals surface area contributed by atoms with Crippen molar-refractivity contribution in [3.63, 3.8) is 0 Å². The molecule has 128 valence electrons. The highest BCUT2D eigenvalue weighted by Gasteiger charge is 2.35. The summed E-state index contributed by atoms with van der Waals surface area (Å²) in [6, 6.07) is 10.4. The van der Waals surface area contributed by atoms with Crippen LogP contribution in [0.5, 0.6) is 0 Å². The van der Waals surface area contributed by atoms with Gasteiger partial charge in [0.1, 0.15) is 11.4 Å². The van der Waals surface area contributed by atoms with Crippen molar-refractivity contribution in [3.8, 4) is 0 Å². The average molecular weight is 327 g/mol. The van der Waals surface area contributed by atoms with Crippen molar-refractivity contribution in [2.75, 3.05) is 18.4 Å². The maximum absolute atomic E-state index is 12.7. The normalized spacial score (nSPS) is 21.1. The number of carbonyl (C=O) groups is 1. The summed E-state index contributed by atoms with van der Waals surface area (Å²) in [6.07, 6.45) is 0.719. The predicted molar refractivity (Wildman–Crippen MR) is 93.6 cm³/mol. The van der Waals surface area contributed by atoms with Crippen LogP contribution in [0.4, 0.5) is 5.69 Å². The number of anilines is 1. The minimum absolute atomic E-state index is 0.00674. The van der Waals surface area contributed by atoms with E-state index in [1.165, 1.54) is 5.56 Å². The van der Waals surface area contributed by atoms with Crippen LogP contribution in [0.15, 0.2) is 34.9 Å². The molecule has 5 heteroatoms. The van der Waals surface area contributed by atoms with Gasteiger partial charge in [0.15, 0.2) is 5.76 Å². The number of aromatic nitrogens is 1. The zero-order valence-corrected chi connectivity index (χ0v) is 14.6. The summed E-state index contributed by atoms with van der Waals surface area (Å²) in [7, 11) is 0. The second-order valence-electron chi connectivity index (χ2n) is 6.67. The van der Waals surface area contributed by atoms with Crippen LogP contribution in [0.1, 0.15) is 30.9 Å². The van der Waals surface area contributed by atoms with Crippen molar-refractivity contribution in [2.45, 2.75) is 33.7 Å². The van der Waals surface area contributed by atoms with Gasteiger partial charge >= 0.3 is 0 Å². The number of hydrogen-bond donors (Lipinski definition) is 1. The molecule has 0 radical (unpaired) electrons. The molecule has 1 saturated heterocycles. The van der Waals surface area contributed by atoms with E-state index in [1.54, 1.807) is 0 Å². The van der Waals surface area contributed by atoms with Crippen molar-refractivity contribution >= 4 is 11.6 Å². The highest BCUT2D eigenvalue weighted by atomic mass is 16.5. The zero-order chi connectivity index (χ0) is 17.1. The lowest BCUT2D eigenvalue weighted by Gasteiger charge is -2.16. The van der Waals surface area contributed by atoms with Crippen LogP contribution in [-0.4, -0.2) is 29.1 Å². The third-order valence-electron chi connectivity index (χ3n) is 4.78. The van der Waals surface area contributed by atoms with Gasteiger partial charge in [-0.3, -0.25) is 9.69 Å². The standard InChI is InChI=1S/C19H25N3O2/c1-4-17-18(14(3)21-24-17)20-19(23)16-12-22(10-13(16)2)11-15-8-6-5-7-9-15/h5-9,13,16H,4,10-12H2,1-3H3,(H,20,23)/t13-,16-/m1/s1. The summed E-state index contributed by atoms with van der Waals surface area (Å²) in [4.78, 5) is 15.1. The van der Waals surface area contributed by atoms with Crippen LogP contribution in [0.25, 0.3) is 0 Å². The molecule has 1 amide bonds. The Balaban J connectivity index is 1.64. The van der Waals surface area contributed by atoms with Gasteiger partial charge in [0.2, 0.25) is 5.91 Å². The molecule has 5 nitrogen and oxygen atoms in total. The van der Waals surface area contributed by atoms with Crippen molar-refractivity contribution in [1.29, 1.82) is 0 Å². The topological polar surface area (TPSA) is 58.4 Å². The Morgan fingerprint density at radius 1 is 1.33 bits per heavy atom. The van der Waals surface area contributed by atoms with E-state index in [2.05, 4.69) is 46.6 Å². The van der Waals surface area contributed by atoms with Gasteiger partial charge in [-0.2, -0.15) is 0 Å². The van der Waals surface area contributed by atoms with Crippen molar-refractivity contribution in [3.05, 3.63) is 47.3 Å². The maximum Gasteiger partial charge on any atom is 0.229 e. The smallest absolute Gasteiger partial charge is 0.229 e. The fourth-order valence-electron chi connectivity index (χ4n) is 3.41. The monoisotopic (exact) mass is 327 g/mol. The van der Waals surface area contributed by atoms with Gasteiger partial charge in [-0.25, -0.2) is 0 Å². The number of nitrogens with one attached hydrogen (secondary N) is 1. The van der Waals surface area contributed by atoms with Crippen molar-refractivity contribution < 1.29 is 9.32 Å². The molecule has 0 unspecified atom stereocenters. The summed E-state index contributed by atoms with van der Waals surface area (Å²) in [5, 5.41) is 7.00. The fraction of sp³-hybridized carbons (Fsp3) is 0.474. The molecule has 0 saturated carbocycles. The molecule has 3 rings (SSSR count). The second-order valence-corrected chi connectivity index (χ2v) is 6.67. The number of rotatable bonds is 5. The Labute approximate surface area is 143 Å². The summed E-state index contributed by atoms with van der Waals surface area (Å²) >= 11 is 0. The number of amides is 1. The van der Waals surface area contributed by atoms with Crippen LogP contribution in [0.2, 0.25) is 0 Å². The minimum atomic E-state index is -0.00674. The highest BCUT2D eigenvalue weighted by molar-refractivity contribution is 5.94. The first kappa shape index (κ1) is 16.7. The second kappa shape index (κ2) is 7.18. The van der Waals surface area contributed by atoms with Crippen LogP contribution in [0, 0.1) is 18.8 Å². The first-order chi connectivity index (χ1) is 11.6. The SMILES string of the molecule is CCc1onc(C)c1NC(=O)[C@@H]1CN(Cc2ccccc2)C[C@H]1C. The summed E-state index contributed by atoms with van der Waals surface area (Å²) in [5.74, 6) is 1.14. The molecule has 1 N–H and O–H groups in total. The summed E-state index contributed by atoms with van der Waals surface area (Å²) < 4.78 is 5.26. The Morgan fingerprint density at radius 3 is 2.79 bits per heavy atom. The molecule has 0 bridgehead atoms. The van der Waals surface area contributed by atoms with Gasteiger partial charge in [-0.1, -0.05) is 49.3 Å². The molecule has 0 aliphatic carbocycles. The van der Waals surface area contributed by atoms with E-state index in [9.17, 15) is 4.79 Å². The van der Waals surface area contributed by atoms with E-state index < -0.39 is 0 Å². The third-order valence-corrected chi connectivity index (χ3v) is 4.78. The molecule has 1 aliphatic heterocycles. The lowest BCUT2D eigenvalue weighted by molar-refractivity contribution is -0.120. The van der Waals surface area contributed by atoms with Gasteiger partial charge < -0.3 is 9.84 Å². The molecule has 2 aromatic rings. The molecule has 2 atom stereocenters. The van der Waals surface area contributed by atoms with Crippen molar-refractivity contribution in [2.24, 2.45) is 11.8 Å². The van der Waals surface area contributed by atoms with Gasteiger partial charge in [0.05, 0.1) is 5.92 Å². The number of benzene rings is 1. The number of nitrogens with zero attached hydrogens (tertiary/aromatic N) is 2. The number of aryl methyl sites for hydroxylation is 2. The maximum atomic E-state index is 12.7. The predicted octanol–water partition coefficient (Wildman–Crippen LogP) is 3.25. The van der Waals surface area contributed by atoms with E-state index in [0.29, 0.717) is 5.92 Å². The van der Waals surface area contributed by atoms with E-state index in [4.69, 9.17) is 4.52 Å². The average Bonchev–Trinajstić information content (AvgIpc) is 3.11. The molecular formula is C19H25N3O2. The summed E-state index contributed by atoms with van der Waals surface area (Å²) in [5.41, 5.74) is 2.78. The summed E-state index contributed by atoms with van der Waals surface area (Å²) in [6.45, 7) is 8.62. The lowest BCUT2D eigenvalue weighted by Crippen LogP contribution is -2.29. The van der Waals surface area contributed by atoms with E-state index >= 15 is 0 Å². The van der Waals surface area contributed by atoms with E-state index in [1.807, 2.05) is 19.9 Å². The Bertz CT molecular complexity index is 696. The first-order valence-corrected chi connectivity index (χ1v) is 8.60. The van der Waals surface area contributed by atoms with Crippen molar-refractivity contribution in [1.82, 2.24) is 10.1 Å². The largest absolute Gasteiger partial charge is 0.359 e. The van der Waals surface area contributed by atoms with Gasteiger partial charge in [0, 0.05) is 26.1 Å². The molecule has 1 aromatic heterocycles. The number of likely N-dealkylation sites (tertiary alicyclic amines) is 1. The fourth-order valence-corrected chi connectivity index (χ4v) is 3.41. The van der Waals surface area contributed by atoms with E-state index in [-0.39, 0.29) is 11.8 Å². The molecule has 1 aromatic carbocycles. The Hall–Kier alpha value is -2.14. The van der Waals surface area contributed by atoms with Crippen LogP contribution in [-0.2, 0) is 17.8 Å². The molecule has 2 heterocycles. The lowest BCUT2D eigenvalue weighted by atomic mass is 9.97. The Kier molecular flexibility index (Phi) is 5.00. The van der Waals surface area contributed by atoms with Crippen LogP contribution >= 0.6 is 0 Å². The van der Waals surface area contributed by atoms with Gasteiger partial charge in [-0.05, 0) is 18.4 Å². The van der Waals surface area contributed by atoms with Crippen LogP contribution < -0.4 is 5.32 Å². The number of carbonyl (C=O) groups excluding carboxylic acids is 1. The van der Waals surface area contributed by atoms with Gasteiger partial charge in [-0.15, -0.1) is 0 Å². The number of hydrogen-bond acceptors (Lipinski definition) is 4. The molecule has 1 fully saturated rings. The zero-order valence-electron chi connectivity index (χ0n) is 14.6. The van der Waals surface area contributed by atoms with Crippen LogP contribution in [0.3, 0.4) is 0 Å². The van der Waals surface area contributed by atoms with E-state index in [0.717, 1.165) is 43.2 Å². The molecular weight excluding hydrogens is 302 g/mol. The third kappa shape index (κ3) is 3.51. The van der Waals surface area contributed by atoms with Gasteiger partial charge in [0.25, 0.3) is 0 Å².